The Labute approximate surface area is 130 Å². The largest absolute Gasteiger partial charge is 0.344 e. The van der Waals surface area contributed by atoms with E-state index < -0.39 is 0 Å². The SMILES string of the molecule is CCC(NC(=O)c1nn(CC)cc1Cl)c1ccc(C)cc1. The predicted molar refractivity (Wildman–Crippen MR) is 84.6 cm³/mol. The van der Waals surface area contributed by atoms with Gasteiger partial charge in [-0.25, -0.2) is 0 Å². The second-order valence-electron chi connectivity index (χ2n) is 5.03. The summed E-state index contributed by atoms with van der Waals surface area (Å²) in [6.07, 6.45) is 2.48. The summed E-state index contributed by atoms with van der Waals surface area (Å²) in [5.74, 6) is -0.236. The van der Waals surface area contributed by atoms with Gasteiger partial charge in [-0.15, -0.1) is 0 Å². The van der Waals surface area contributed by atoms with Crippen LogP contribution in [0.25, 0.3) is 0 Å². The third-order valence-electron chi connectivity index (χ3n) is 3.45. The number of hydrogen-bond donors (Lipinski definition) is 1. The number of nitrogens with zero attached hydrogens (tertiary/aromatic N) is 2. The van der Waals surface area contributed by atoms with E-state index >= 15 is 0 Å². The fourth-order valence-electron chi connectivity index (χ4n) is 2.16. The molecule has 1 atom stereocenters. The van der Waals surface area contributed by atoms with Crippen molar-refractivity contribution in [1.29, 1.82) is 0 Å². The number of halogens is 1. The van der Waals surface area contributed by atoms with Crippen molar-refractivity contribution >= 4 is 17.5 Å². The van der Waals surface area contributed by atoms with Crippen LogP contribution in [-0.2, 0) is 6.54 Å². The topological polar surface area (TPSA) is 46.9 Å². The number of carbonyl (C=O) groups is 1. The molecule has 2 rings (SSSR count). The minimum absolute atomic E-state index is 0.0408. The first-order chi connectivity index (χ1) is 10.0. The zero-order valence-electron chi connectivity index (χ0n) is 12.6. The highest BCUT2D eigenvalue weighted by molar-refractivity contribution is 6.33. The number of benzene rings is 1. The van der Waals surface area contributed by atoms with E-state index in [0.717, 1.165) is 12.0 Å². The molecule has 112 valence electrons. The minimum Gasteiger partial charge on any atom is -0.344 e. The molecule has 1 aromatic carbocycles. The molecule has 0 aliphatic heterocycles. The molecule has 1 N–H and O–H groups in total. The number of rotatable bonds is 5. The third kappa shape index (κ3) is 3.64. The minimum atomic E-state index is -0.236. The number of nitrogens with one attached hydrogen (secondary N) is 1. The van der Waals surface area contributed by atoms with Crippen molar-refractivity contribution in [1.82, 2.24) is 15.1 Å². The fraction of sp³-hybridized carbons (Fsp3) is 0.375. The zero-order chi connectivity index (χ0) is 15.4. The summed E-state index contributed by atoms with van der Waals surface area (Å²) in [5.41, 5.74) is 2.57. The Morgan fingerprint density at radius 3 is 2.52 bits per heavy atom. The molecule has 21 heavy (non-hydrogen) atoms. The number of aryl methyl sites for hydroxylation is 2. The third-order valence-corrected chi connectivity index (χ3v) is 3.73. The Kier molecular flexibility index (Phi) is 5.02. The van der Waals surface area contributed by atoms with Crippen LogP contribution in [-0.4, -0.2) is 15.7 Å². The van der Waals surface area contributed by atoms with Crippen molar-refractivity contribution < 1.29 is 4.79 Å². The lowest BCUT2D eigenvalue weighted by molar-refractivity contribution is 0.0930. The molecule has 0 spiro atoms. The molecule has 1 aromatic heterocycles. The standard InChI is InChI=1S/C16H20ClN3O/c1-4-14(12-8-6-11(3)7-9-12)18-16(21)15-13(17)10-20(5-2)19-15/h6-10,14H,4-5H2,1-3H3,(H,18,21). The monoisotopic (exact) mass is 305 g/mol. The molecular formula is C16H20ClN3O. The molecule has 0 saturated heterocycles. The van der Waals surface area contributed by atoms with Crippen molar-refractivity contribution in [3.05, 3.63) is 52.3 Å². The smallest absolute Gasteiger partial charge is 0.273 e. The summed E-state index contributed by atoms with van der Waals surface area (Å²) in [4.78, 5) is 12.3. The van der Waals surface area contributed by atoms with Gasteiger partial charge in [-0.05, 0) is 25.8 Å². The van der Waals surface area contributed by atoms with Crippen molar-refractivity contribution in [2.24, 2.45) is 0 Å². The van der Waals surface area contributed by atoms with Crippen molar-refractivity contribution in [3.63, 3.8) is 0 Å². The second kappa shape index (κ2) is 6.76. The summed E-state index contributed by atoms with van der Waals surface area (Å²) in [7, 11) is 0. The van der Waals surface area contributed by atoms with Gasteiger partial charge in [0.05, 0.1) is 11.1 Å². The lowest BCUT2D eigenvalue weighted by atomic mass is 10.0. The first-order valence-electron chi connectivity index (χ1n) is 7.15. The van der Waals surface area contributed by atoms with E-state index in [0.29, 0.717) is 11.6 Å². The maximum Gasteiger partial charge on any atom is 0.273 e. The second-order valence-corrected chi connectivity index (χ2v) is 5.43. The Bertz CT molecular complexity index is 619. The molecule has 4 nitrogen and oxygen atoms in total. The summed E-state index contributed by atoms with van der Waals surface area (Å²) in [6, 6.07) is 8.12. The van der Waals surface area contributed by atoms with Crippen LogP contribution in [0.1, 0.15) is 47.9 Å². The molecule has 5 heteroatoms. The van der Waals surface area contributed by atoms with Crippen LogP contribution in [0.15, 0.2) is 30.5 Å². The van der Waals surface area contributed by atoms with E-state index in [1.165, 1.54) is 5.56 Å². The highest BCUT2D eigenvalue weighted by atomic mass is 35.5. The van der Waals surface area contributed by atoms with Crippen LogP contribution < -0.4 is 5.32 Å². The Balaban J connectivity index is 2.15. The summed E-state index contributed by atoms with van der Waals surface area (Å²) in [6.45, 7) is 6.71. The molecule has 0 aliphatic carbocycles. The van der Waals surface area contributed by atoms with Gasteiger partial charge in [0, 0.05) is 12.7 Å². The van der Waals surface area contributed by atoms with Crippen molar-refractivity contribution in [2.75, 3.05) is 0 Å². The van der Waals surface area contributed by atoms with E-state index in [4.69, 9.17) is 11.6 Å². The van der Waals surface area contributed by atoms with Crippen molar-refractivity contribution in [2.45, 2.75) is 39.8 Å². The van der Waals surface area contributed by atoms with Crippen LogP contribution >= 0.6 is 11.6 Å². The van der Waals surface area contributed by atoms with Gasteiger partial charge in [0.2, 0.25) is 0 Å². The highest BCUT2D eigenvalue weighted by Crippen LogP contribution is 2.20. The zero-order valence-corrected chi connectivity index (χ0v) is 13.3. The number of amides is 1. The Hall–Kier alpha value is -1.81. The lowest BCUT2D eigenvalue weighted by Gasteiger charge is -2.17. The molecule has 0 aliphatic rings. The van der Waals surface area contributed by atoms with Gasteiger partial charge < -0.3 is 5.32 Å². The van der Waals surface area contributed by atoms with Gasteiger partial charge in [0.25, 0.3) is 5.91 Å². The van der Waals surface area contributed by atoms with E-state index in [2.05, 4.69) is 10.4 Å². The average molecular weight is 306 g/mol. The van der Waals surface area contributed by atoms with Crippen LogP contribution in [0.5, 0.6) is 0 Å². The molecule has 0 radical (unpaired) electrons. The molecule has 1 unspecified atom stereocenters. The van der Waals surface area contributed by atoms with Gasteiger partial charge in [-0.1, -0.05) is 48.4 Å². The van der Waals surface area contributed by atoms with Gasteiger partial charge in [0.15, 0.2) is 5.69 Å². The number of aromatic nitrogens is 2. The first-order valence-corrected chi connectivity index (χ1v) is 7.53. The quantitative estimate of drug-likeness (QED) is 0.914. The number of hydrogen-bond acceptors (Lipinski definition) is 2. The Morgan fingerprint density at radius 2 is 2.00 bits per heavy atom. The van der Waals surface area contributed by atoms with Gasteiger partial charge in [-0.2, -0.15) is 5.10 Å². The summed E-state index contributed by atoms with van der Waals surface area (Å²) >= 11 is 6.07. The maximum absolute atomic E-state index is 12.3. The normalized spacial score (nSPS) is 12.2. The summed E-state index contributed by atoms with van der Waals surface area (Å²) < 4.78 is 1.66. The van der Waals surface area contributed by atoms with Crippen LogP contribution in [0, 0.1) is 6.92 Å². The number of carbonyl (C=O) groups excluding carboxylic acids is 1. The van der Waals surface area contributed by atoms with E-state index in [-0.39, 0.29) is 17.6 Å². The molecular weight excluding hydrogens is 286 g/mol. The van der Waals surface area contributed by atoms with Crippen molar-refractivity contribution in [3.8, 4) is 0 Å². The predicted octanol–water partition coefficient (Wildman–Crippen LogP) is 3.75. The first kappa shape index (κ1) is 15.6. The van der Waals surface area contributed by atoms with Crippen LogP contribution in [0.2, 0.25) is 5.02 Å². The van der Waals surface area contributed by atoms with Crippen LogP contribution in [0.4, 0.5) is 0 Å². The highest BCUT2D eigenvalue weighted by Gasteiger charge is 2.19. The maximum atomic E-state index is 12.3. The lowest BCUT2D eigenvalue weighted by Crippen LogP contribution is -2.28. The molecule has 2 aromatic rings. The molecule has 0 bridgehead atoms. The van der Waals surface area contributed by atoms with E-state index in [1.54, 1.807) is 10.9 Å². The van der Waals surface area contributed by atoms with Gasteiger partial charge in [-0.3, -0.25) is 9.48 Å². The summed E-state index contributed by atoms with van der Waals surface area (Å²) in [5, 5.41) is 7.58. The van der Waals surface area contributed by atoms with E-state index in [1.807, 2.05) is 45.0 Å². The molecule has 1 amide bonds. The van der Waals surface area contributed by atoms with Gasteiger partial charge >= 0.3 is 0 Å². The molecule has 1 heterocycles. The molecule has 0 saturated carbocycles. The Morgan fingerprint density at radius 1 is 1.33 bits per heavy atom. The van der Waals surface area contributed by atoms with Gasteiger partial charge in [0.1, 0.15) is 0 Å². The van der Waals surface area contributed by atoms with Crippen LogP contribution in [0.3, 0.4) is 0 Å². The molecule has 0 fully saturated rings. The van der Waals surface area contributed by atoms with E-state index in [9.17, 15) is 4.79 Å². The average Bonchev–Trinajstić information content (AvgIpc) is 2.87. The fourth-order valence-corrected chi connectivity index (χ4v) is 2.40.